The minimum atomic E-state index is -3.55. The van der Waals surface area contributed by atoms with Crippen LogP contribution < -0.4 is 5.32 Å². The third-order valence-corrected chi connectivity index (χ3v) is 6.73. The molecule has 1 aromatic heterocycles. The molecule has 0 bridgehead atoms. The average Bonchev–Trinajstić information content (AvgIpc) is 2.68. The SMILES string of the molecule is O=S(=O)(c1cccc2cnccc12)N1CCN[C@@H](Cc2ccccc2)C1. The van der Waals surface area contributed by atoms with Crippen molar-refractivity contribution in [3.8, 4) is 0 Å². The molecule has 0 aliphatic carbocycles. The van der Waals surface area contributed by atoms with Crippen LogP contribution >= 0.6 is 0 Å². The van der Waals surface area contributed by atoms with Gasteiger partial charge in [-0.3, -0.25) is 4.98 Å². The summed E-state index contributed by atoms with van der Waals surface area (Å²) in [7, 11) is -3.55. The van der Waals surface area contributed by atoms with Crippen LogP contribution in [0.4, 0.5) is 0 Å². The fourth-order valence-electron chi connectivity index (χ4n) is 3.51. The summed E-state index contributed by atoms with van der Waals surface area (Å²) in [4.78, 5) is 4.45. The summed E-state index contributed by atoms with van der Waals surface area (Å²) < 4.78 is 28.2. The van der Waals surface area contributed by atoms with Gasteiger partial charge in [-0.15, -0.1) is 0 Å². The topological polar surface area (TPSA) is 62.3 Å². The molecule has 1 fully saturated rings. The number of hydrogen-bond acceptors (Lipinski definition) is 4. The van der Waals surface area contributed by atoms with Crippen LogP contribution in [-0.2, 0) is 16.4 Å². The van der Waals surface area contributed by atoms with E-state index in [1.807, 2.05) is 24.3 Å². The normalized spacial score (nSPS) is 18.8. The van der Waals surface area contributed by atoms with Crippen LogP contribution in [0.2, 0.25) is 0 Å². The van der Waals surface area contributed by atoms with Crippen molar-refractivity contribution in [2.75, 3.05) is 19.6 Å². The molecule has 3 aromatic rings. The van der Waals surface area contributed by atoms with Gasteiger partial charge in [0.15, 0.2) is 0 Å². The van der Waals surface area contributed by atoms with Gasteiger partial charge in [0.05, 0.1) is 4.90 Å². The Morgan fingerprint density at radius 3 is 2.77 bits per heavy atom. The van der Waals surface area contributed by atoms with Gasteiger partial charge in [0.1, 0.15) is 0 Å². The zero-order valence-corrected chi connectivity index (χ0v) is 15.2. The largest absolute Gasteiger partial charge is 0.311 e. The maximum absolute atomic E-state index is 13.3. The Hall–Kier alpha value is -2.28. The minimum Gasteiger partial charge on any atom is -0.311 e. The van der Waals surface area contributed by atoms with Crippen molar-refractivity contribution in [3.05, 3.63) is 72.6 Å². The van der Waals surface area contributed by atoms with Crippen LogP contribution in [-0.4, -0.2) is 43.4 Å². The highest BCUT2D eigenvalue weighted by atomic mass is 32.2. The van der Waals surface area contributed by atoms with E-state index in [-0.39, 0.29) is 6.04 Å². The molecular weight excluding hydrogens is 346 g/mol. The summed E-state index contributed by atoms with van der Waals surface area (Å²) in [5.41, 5.74) is 1.21. The van der Waals surface area contributed by atoms with E-state index >= 15 is 0 Å². The van der Waals surface area contributed by atoms with E-state index in [2.05, 4.69) is 22.4 Å². The molecule has 0 radical (unpaired) electrons. The van der Waals surface area contributed by atoms with Crippen molar-refractivity contribution in [3.63, 3.8) is 0 Å². The molecule has 0 amide bonds. The summed E-state index contributed by atoms with van der Waals surface area (Å²) in [5.74, 6) is 0. The highest BCUT2D eigenvalue weighted by Crippen LogP contribution is 2.26. The van der Waals surface area contributed by atoms with E-state index in [0.29, 0.717) is 24.5 Å². The van der Waals surface area contributed by atoms with E-state index < -0.39 is 10.0 Å². The van der Waals surface area contributed by atoms with Crippen LogP contribution in [0.25, 0.3) is 10.8 Å². The molecule has 1 atom stereocenters. The Kier molecular flexibility index (Phi) is 4.72. The first kappa shape index (κ1) is 17.1. The van der Waals surface area contributed by atoms with Gasteiger partial charge in [-0.25, -0.2) is 8.42 Å². The van der Waals surface area contributed by atoms with Crippen molar-refractivity contribution in [1.82, 2.24) is 14.6 Å². The van der Waals surface area contributed by atoms with Crippen LogP contribution in [0, 0.1) is 0 Å². The first-order valence-corrected chi connectivity index (χ1v) is 10.2. The Labute approximate surface area is 153 Å². The van der Waals surface area contributed by atoms with Crippen LogP contribution in [0.15, 0.2) is 71.9 Å². The van der Waals surface area contributed by atoms with Gasteiger partial charge < -0.3 is 5.32 Å². The number of hydrogen-bond donors (Lipinski definition) is 1. The first-order valence-electron chi connectivity index (χ1n) is 8.75. The van der Waals surface area contributed by atoms with E-state index in [1.165, 1.54) is 5.56 Å². The minimum absolute atomic E-state index is 0.109. The number of benzene rings is 2. The van der Waals surface area contributed by atoms with Crippen molar-refractivity contribution < 1.29 is 8.42 Å². The first-order chi connectivity index (χ1) is 12.6. The molecule has 134 valence electrons. The monoisotopic (exact) mass is 367 g/mol. The number of aromatic nitrogens is 1. The van der Waals surface area contributed by atoms with Gasteiger partial charge in [-0.05, 0) is 24.1 Å². The second-order valence-corrected chi connectivity index (χ2v) is 8.46. The fourth-order valence-corrected chi connectivity index (χ4v) is 5.21. The maximum atomic E-state index is 13.3. The van der Waals surface area contributed by atoms with Crippen LogP contribution in [0.5, 0.6) is 0 Å². The summed E-state index contributed by atoms with van der Waals surface area (Å²) in [6.45, 7) is 1.61. The number of nitrogens with one attached hydrogen (secondary N) is 1. The summed E-state index contributed by atoms with van der Waals surface area (Å²) in [6.07, 6.45) is 4.15. The van der Waals surface area contributed by atoms with E-state index in [9.17, 15) is 8.42 Å². The second-order valence-electron chi connectivity index (χ2n) is 6.56. The third kappa shape index (κ3) is 3.35. The van der Waals surface area contributed by atoms with E-state index in [4.69, 9.17) is 0 Å². The lowest BCUT2D eigenvalue weighted by Crippen LogP contribution is -2.53. The molecule has 6 heteroatoms. The van der Waals surface area contributed by atoms with Crippen molar-refractivity contribution >= 4 is 20.8 Å². The summed E-state index contributed by atoms with van der Waals surface area (Å²) in [6, 6.07) is 17.4. The Morgan fingerprint density at radius 2 is 1.92 bits per heavy atom. The quantitative estimate of drug-likeness (QED) is 0.769. The molecule has 1 N–H and O–H groups in total. The molecule has 4 rings (SSSR count). The molecule has 1 aliphatic heterocycles. The molecule has 1 saturated heterocycles. The number of piperazine rings is 1. The van der Waals surface area contributed by atoms with Crippen LogP contribution in [0.1, 0.15) is 5.56 Å². The maximum Gasteiger partial charge on any atom is 0.243 e. The molecule has 0 spiro atoms. The molecule has 2 heterocycles. The summed E-state index contributed by atoms with van der Waals surface area (Å²) >= 11 is 0. The highest BCUT2D eigenvalue weighted by Gasteiger charge is 2.31. The van der Waals surface area contributed by atoms with Gasteiger partial charge >= 0.3 is 0 Å². The van der Waals surface area contributed by atoms with Gasteiger partial charge in [0, 0.05) is 48.8 Å². The Bertz CT molecular complexity index is 1000. The van der Waals surface area contributed by atoms with Crippen LogP contribution in [0.3, 0.4) is 0 Å². The lowest BCUT2D eigenvalue weighted by atomic mass is 10.1. The van der Waals surface area contributed by atoms with Gasteiger partial charge in [-0.1, -0.05) is 42.5 Å². The molecule has 0 saturated carbocycles. The third-order valence-electron chi connectivity index (χ3n) is 4.80. The number of pyridine rings is 1. The smallest absolute Gasteiger partial charge is 0.243 e. The van der Waals surface area contributed by atoms with Gasteiger partial charge in [0.2, 0.25) is 10.0 Å². The van der Waals surface area contributed by atoms with Crippen molar-refractivity contribution in [2.45, 2.75) is 17.4 Å². The predicted molar refractivity (Wildman–Crippen MR) is 102 cm³/mol. The zero-order chi connectivity index (χ0) is 18.0. The Morgan fingerprint density at radius 1 is 1.08 bits per heavy atom. The number of sulfonamides is 1. The fraction of sp³-hybridized carbons (Fsp3) is 0.250. The van der Waals surface area contributed by atoms with E-state index in [1.54, 1.807) is 34.9 Å². The number of rotatable bonds is 4. The Balaban J connectivity index is 1.61. The van der Waals surface area contributed by atoms with Gasteiger partial charge in [-0.2, -0.15) is 4.31 Å². The summed E-state index contributed by atoms with van der Waals surface area (Å²) in [5, 5.41) is 5.00. The standard InChI is InChI=1S/C20H21N3O2S/c24-26(25,20-8-4-7-17-14-21-10-9-19(17)20)23-12-11-22-18(15-23)13-16-5-2-1-3-6-16/h1-10,14,18,22H,11-13,15H2/t18-/m0/s1. The van der Waals surface area contributed by atoms with E-state index in [0.717, 1.165) is 17.2 Å². The van der Waals surface area contributed by atoms with Crippen molar-refractivity contribution in [1.29, 1.82) is 0 Å². The van der Waals surface area contributed by atoms with Crippen molar-refractivity contribution in [2.24, 2.45) is 0 Å². The lowest BCUT2D eigenvalue weighted by Gasteiger charge is -2.33. The molecule has 1 aliphatic rings. The molecular formula is C20H21N3O2S. The number of fused-ring (bicyclic) bond motifs is 1. The molecule has 2 aromatic carbocycles. The predicted octanol–water partition coefficient (Wildman–Crippen LogP) is 2.44. The van der Waals surface area contributed by atoms with Gasteiger partial charge in [0.25, 0.3) is 0 Å². The lowest BCUT2D eigenvalue weighted by molar-refractivity contribution is 0.297. The molecule has 26 heavy (non-hydrogen) atoms. The zero-order valence-electron chi connectivity index (χ0n) is 14.4. The second kappa shape index (κ2) is 7.15. The average molecular weight is 367 g/mol. The highest BCUT2D eigenvalue weighted by molar-refractivity contribution is 7.89. The molecule has 0 unspecified atom stereocenters. The molecule has 5 nitrogen and oxygen atoms in total. The number of nitrogens with zero attached hydrogens (tertiary/aromatic N) is 2.